The van der Waals surface area contributed by atoms with E-state index in [1.165, 1.54) is 0 Å². The molecule has 0 bridgehead atoms. The Labute approximate surface area is 167 Å². The molecule has 1 N–H and O–H groups in total. The summed E-state index contributed by atoms with van der Waals surface area (Å²) in [5.74, 6) is 0.232. The van der Waals surface area contributed by atoms with Gasteiger partial charge in [-0.25, -0.2) is 4.98 Å². The molecule has 0 aliphatic carbocycles. The molecule has 0 unspecified atom stereocenters. The first kappa shape index (κ1) is 19.0. The third kappa shape index (κ3) is 3.97. The van der Waals surface area contributed by atoms with E-state index in [4.69, 9.17) is 23.2 Å². The first-order chi connectivity index (χ1) is 13.0. The molecule has 0 aliphatic heterocycles. The van der Waals surface area contributed by atoms with Gasteiger partial charge < -0.3 is 5.32 Å². The van der Waals surface area contributed by atoms with E-state index >= 15 is 0 Å². The van der Waals surface area contributed by atoms with Crippen LogP contribution in [0.3, 0.4) is 0 Å². The molecule has 0 atom stereocenters. The number of benzene rings is 2. The van der Waals surface area contributed by atoms with Gasteiger partial charge in [0.1, 0.15) is 17.2 Å². The van der Waals surface area contributed by atoms with Gasteiger partial charge in [0.25, 0.3) is 5.91 Å². The number of hydrogen-bond acceptors (Lipinski definition) is 2. The van der Waals surface area contributed by atoms with Crippen LogP contribution in [-0.4, -0.2) is 15.5 Å². The number of imidazole rings is 1. The van der Waals surface area contributed by atoms with Crippen LogP contribution in [-0.2, 0) is 0 Å². The third-order valence-corrected chi connectivity index (χ3v) is 4.45. The zero-order chi connectivity index (χ0) is 19.4. The molecule has 0 fully saturated rings. The second kappa shape index (κ2) is 8.25. The van der Waals surface area contributed by atoms with Gasteiger partial charge in [-0.3, -0.25) is 9.36 Å². The molecular formula is C21H17Cl2N3O. The van der Waals surface area contributed by atoms with Crippen molar-refractivity contribution >= 4 is 47.1 Å². The minimum atomic E-state index is -0.314. The van der Waals surface area contributed by atoms with E-state index in [-0.39, 0.29) is 5.91 Å². The SMILES string of the molecule is C=Cc1nc(-c2ccccc2Cl)c(C(=O)Nc2ccc(Cl)cc2)n1/C=C\C. The molecule has 27 heavy (non-hydrogen) atoms. The van der Waals surface area contributed by atoms with Gasteiger partial charge in [-0.2, -0.15) is 0 Å². The second-order valence-electron chi connectivity index (χ2n) is 5.66. The number of nitrogens with zero attached hydrogens (tertiary/aromatic N) is 2. The number of rotatable bonds is 5. The largest absolute Gasteiger partial charge is 0.321 e. The Morgan fingerprint density at radius 3 is 2.48 bits per heavy atom. The predicted octanol–water partition coefficient (Wildman–Crippen LogP) is 6.24. The van der Waals surface area contributed by atoms with Crippen LogP contribution in [0, 0.1) is 0 Å². The maximum atomic E-state index is 13.1. The van der Waals surface area contributed by atoms with Crippen molar-refractivity contribution in [2.45, 2.75) is 6.92 Å². The molecule has 1 amide bonds. The highest BCUT2D eigenvalue weighted by molar-refractivity contribution is 6.33. The maximum absolute atomic E-state index is 13.1. The van der Waals surface area contributed by atoms with Crippen LogP contribution in [0.2, 0.25) is 10.0 Å². The van der Waals surface area contributed by atoms with E-state index in [2.05, 4.69) is 16.9 Å². The lowest BCUT2D eigenvalue weighted by Crippen LogP contribution is -2.16. The molecule has 0 radical (unpaired) electrons. The third-order valence-electron chi connectivity index (χ3n) is 3.87. The van der Waals surface area contributed by atoms with Crippen molar-refractivity contribution < 1.29 is 4.79 Å². The minimum absolute atomic E-state index is 0.314. The number of aromatic nitrogens is 2. The van der Waals surface area contributed by atoms with Crippen molar-refractivity contribution in [3.8, 4) is 11.3 Å². The van der Waals surface area contributed by atoms with Gasteiger partial charge in [0.2, 0.25) is 0 Å². The monoisotopic (exact) mass is 397 g/mol. The van der Waals surface area contributed by atoms with Gasteiger partial charge in [-0.1, -0.05) is 54.1 Å². The zero-order valence-corrected chi connectivity index (χ0v) is 16.1. The average Bonchev–Trinajstić information content (AvgIpc) is 3.02. The molecule has 4 nitrogen and oxygen atoms in total. The number of amides is 1. The van der Waals surface area contributed by atoms with Crippen molar-refractivity contribution in [2.75, 3.05) is 5.32 Å². The Morgan fingerprint density at radius 1 is 1.15 bits per heavy atom. The van der Waals surface area contributed by atoms with E-state index in [0.717, 1.165) is 0 Å². The van der Waals surface area contributed by atoms with Gasteiger partial charge in [0, 0.05) is 22.5 Å². The summed E-state index contributed by atoms with van der Waals surface area (Å²) in [7, 11) is 0. The molecule has 136 valence electrons. The Morgan fingerprint density at radius 2 is 1.85 bits per heavy atom. The number of carbonyl (C=O) groups excluding carboxylic acids is 1. The van der Waals surface area contributed by atoms with Crippen LogP contribution in [0.5, 0.6) is 0 Å². The topological polar surface area (TPSA) is 46.9 Å². The lowest BCUT2D eigenvalue weighted by Gasteiger charge is -2.10. The van der Waals surface area contributed by atoms with Crippen LogP contribution < -0.4 is 5.32 Å². The minimum Gasteiger partial charge on any atom is -0.321 e. The quantitative estimate of drug-likeness (QED) is 0.553. The number of anilines is 1. The molecule has 0 spiro atoms. The van der Waals surface area contributed by atoms with E-state index in [1.807, 2.05) is 31.2 Å². The molecule has 3 aromatic rings. The molecule has 1 aromatic heterocycles. The first-order valence-corrected chi connectivity index (χ1v) is 9.00. The highest BCUT2D eigenvalue weighted by atomic mass is 35.5. The predicted molar refractivity (Wildman–Crippen MR) is 113 cm³/mol. The molecule has 3 rings (SSSR count). The van der Waals surface area contributed by atoms with Gasteiger partial charge in [0.05, 0.1) is 5.02 Å². The lowest BCUT2D eigenvalue weighted by molar-refractivity contribution is 0.102. The Balaban J connectivity index is 2.15. The summed E-state index contributed by atoms with van der Waals surface area (Å²) in [5.41, 5.74) is 2.15. The molecular weight excluding hydrogens is 381 g/mol. The number of halogens is 2. The van der Waals surface area contributed by atoms with Crippen LogP contribution in [0.15, 0.2) is 61.2 Å². The van der Waals surface area contributed by atoms with Crippen molar-refractivity contribution in [1.82, 2.24) is 9.55 Å². The lowest BCUT2D eigenvalue weighted by atomic mass is 10.1. The van der Waals surface area contributed by atoms with Crippen LogP contribution in [0.25, 0.3) is 23.5 Å². The molecule has 0 saturated carbocycles. The van der Waals surface area contributed by atoms with E-state index in [9.17, 15) is 4.79 Å². The summed E-state index contributed by atoms with van der Waals surface area (Å²) in [6.07, 6.45) is 5.19. The van der Waals surface area contributed by atoms with Gasteiger partial charge >= 0.3 is 0 Å². The molecule has 0 aliphatic rings. The van der Waals surface area contributed by atoms with Crippen LogP contribution in [0.4, 0.5) is 5.69 Å². The summed E-state index contributed by atoms with van der Waals surface area (Å²) >= 11 is 12.3. The number of allylic oxidation sites excluding steroid dienone is 1. The first-order valence-electron chi connectivity index (χ1n) is 8.24. The van der Waals surface area contributed by atoms with Crippen molar-refractivity contribution in [3.05, 3.63) is 82.7 Å². The number of nitrogens with one attached hydrogen (secondary N) is 1. The van der Waals surface area contributed by atoms with Gasteiger partial charge in [0.15, 0.2) is 0 Å². The molecule has 6 heteroatoms. The normalized spacial score (nSPS) is 10.9. The maximum Gasteiger partial charge on any atom is 0.274 e. The smallest absolute Gasteiger partial charge is 0.274 e. The molecule has 1 heterocycles. The summed E-state index contributed by atoms with van der Waals surface area (Å²) < 4.78 is 1.69. The molecule has 2 aromatic carbocycles. The molecule has 0 saturated heterocycles. The Hall–Kier alpha value is -2.82. The summed E-state index contributed by atoms with van der Waals surface area (Å²) in [4.78, 5) is 17.7. The van der Waals surface area contributed by atoms with Crippen molar-refractivity contribution in [1.29, 1.82) is 0 Å². The van der Waals surface area contributed by atoms with E-state index in [0.29, 0.717) is 38.5 Å². The Bertz CT molecular complexity index is 1020. The fourth-order valence-electron chi connectivity index (χ4n) is 2.68. The van der Waals surface area contributed by atoms with Gasteiger partial charge in [-0.15, -0.1) is 0 Å². The highest BCUT2D eigenvalue weighted by Gasteiger charge is 2.23. The highest BCUT2D eigenvalue weighted by Crippen LogP contribution is 2.31. The number of hydrogen-bond donors (Lipinski definition) is 1. The zero-order valence-electron chi connectivity index (χ0n) is 14.6. The standard InChI is InChI=1S/C21H17Cl2N3O/c1-3-13-26-18(4-2)25-19(16-7-5-6-8-17(16)23)20(26)21(27)24-15-11-9-14(22)10-12-15/h3-13H,2H2,1H3,(H,24,27)/b13-3-. The fraction of sp³-hybridized carbons (Fsp3) is 0.0476. The van der Waals surface area contributed by atoms with Crippen LogP contribution in [0.1, 0.15) is 23.2 Å². The summed E-state index contributed by atoms with van der Waals surface area (Å²) in [6.45, 7) is 5.66. The summed E-state index contributed by atoms with van der Waals surface area (Å²) in [6, 6.07) is 14.2. The summed E-state index contributed by atoms with van der Waals surface area (Å²) in [5, 5.41) is 3.99. The second-order valence-corrected chi connectivity index (χ2v) is 6.51. The van der Waals surface area contributed by atoms with Crippen molar-refractivity contribution in [3.63, 3.8) is 0 Å². The Kier molecular flexibility index (Phi) is 5.79. The fourth-order valence-corrected chi connectivity index (χ4v) is 3.03. The van der Waals surface area contributed by atoms with Crippen LogP contribution >= 0.6 is 23.2 Å². The average molecular weight is 398 g/mol. The van der Waals surface area contributed by atoms with Gasteiger partial charge in [-0.05, 0) is 43.3 Å². The number of carbonyl (C=O) groups is 1. The van der Waals surface area contributed by atoms with Crippen molar-refractivity contribution in [2.24, 2.45) is 0 Å². The van der Waals surface area contributed by atoms with E-state index < -0.39 is 0 Å². The van der Waals surface area contributed by atoms with E-state index in [1.54, 1.807) is 47.2 Å².